The van der Waals surface area contributed by atoms with Crippen LogP contribution in [0.1, 0.15) is 32.8 Å². The van der Waals surface area contributed by atoms with E-state index in [0.29, 0.717) is 0 Å². The van der Waals surface area contributed by atoms with Gasteiger partial charge in [0.2, 0.25) is 0 Å². The van der Waals surface area contributed by atoms with E-state index in [1.165, 1.54) is 0 Å². The highest BCUT2D eigenvalue weighted by Gasteiger charge is 2.43. The molecule has 2 heterocycles. The summed E-state index contributed by atoms with van der Waals surface area (Å²) in [5.74, 6) is -0.397. The summed E-state index contributed by atoms with van der Waals surface area (Å²) in [4.78, 5) is 17.6. The molecule has 7 atom stereocenters. The van der Waals surface area contributed by atoms with Crippen LogP contribution in [0.25, 0.3) is 0 Å². The number of aliphatic imine (C=N–C) groups is 1. The molecule has 6 nitrogen and oxygen atoms in total. The van der Waals surface area contributed by atoms with E-state index in [4.69, 9.17) is 10.5 Å². The van der Waals surface area contributed by atoms with Crippen LogP contribution >= 0.6 is 0 Å². The van der Waals surface area contributed by atoms with Crippen LogP contribution in [0.5, 0.6) is 0 Å². The van der Waals surface area contributed by atoms with Crippen molar-refractivity contribution in [2.45, 2.75) is 58.1 Å². The van der Waals surface area contributed by atoms with Gasteiger partial charge in [-0.15, -0.1) is 0 Å². The highest BCUT2D eigenvalue weighted by Crippen LogP contribution is 2.34. The fourth-order valence-electron chi connectivity index (χ4n) is 4.45. The molecule has 29 heavy (non-hydrogen) atoms. The van der Waals surface area contributed by atoms with E-state index >= 15 is 0 Å². The molecule has 0 aromatic heterocycles. The summed E-state index contributed by atoms with van der Waals surface area (Å²) in [6, 6.07) is 9.88. The highest BCUT2D eigenvalue weighted by molar-refractivity contribution is 5.76. The monoisotopic (exact) mass is 398 g/mol. The van der Waals surface area contributed by atoms with Crippen LogP contribution in [-0.2, 0) is 16.1 Å². The second-order valence-corrected chi connectivity index (χ2v) is 8.50. The van der Waals surface area contributed by atoms with Gasteiger partial charge in [0.1, 0.15) is 6.61 Å². The van der Waals surface area contributed by atoms with Gasteiger partial charge in [-0.1, -0.05) is 42.5 Å². The van der Waals surface area contributed by atoms with Crippen molar-refractivity contribution in [2.24, 2.45) is 28.5 Å². The van der Waals surface area contributed by atoms with Crippen LogP contribution in [0.3, 0.4) is 0 Å². The van der Waals surface area contributed by atoms with Gasteiger partial charge in [0, 0.05) is 36.8 Å². The van der Waals surface area contributed by atoms with Crippen molar-refractivity contribution < 1.29 is 9.53 Å². The van der Waals surface area contributed by atoms with Gasteiger partial charge in [-0.25, -0.2) is 0 Å². The van der Waals surface area contributed by atoms with E-state index in [-0.39, 0.29) is 48.7 Å². The standard InChI is InChI=1S/C23H34N4O2/c1-14(2)21(23(28)29-13-17-8-6-5-7-9-17)19-10-20(27-15(3)22(19)24)18-11-25-16(4)26-12-18/h5-9,11,15-16,18-22,26-27H,1,10,12-13,24H2,2-4H3. The lowest BCUT2D eigenvalue weighted by molar-refractivity contribution is -0.151. The van der Waals surface area contributed by atoms with E-state index < -0.39 is 5.92 Å². The molecule has 1 aromatic carbocycles. The largest absolute Gasteiger partial charge is 0.460 e. The molecule has 0 radical (unpaired) electrons. The Balaban J connectivity index is 1.72. The Hall–Kier alpha value is -2.02. The molecule has 0 bridgehead atoms. The molecule has 0 amide bonds. The number of nitrogens with two attached hydrogens (primary N) is 1. The lowest BCUT2D eigenvalue weighted by Gasteiger charge is -2.45. The summed E-state index contributed by atoms with van der Waals surface area (Å²) < 4.78 is 5.67. The zero-order valence-electron chi connectivity index (χ0n) is 17.7. The Bertz CT molecular complexity index is 736. The molecule has 1 saturated heterocycles. The minimum absolute atomic E-state index is 0.0234. The fourth-order valence-corrected chi connectivity index (χ4v) is 4.45. The zero-order valence-corrected chi connectivity index (χ0v) is 17.7. The van der Waals surface area contributed by atoms with Crippen LogP contribution < -0.4 is 16.4 Å². The third-order valence-corrected chi connectivity index (χ3v) is 6.18. The van der Waals surface area contributed by atoms with E-state index in [9.17, 15) is 4.79 Å². The molecule has 7 unspecified atom stereocenters. The maximum absolute atomic E-state index is 13.0. The molecule has 2 aliphatic rings. The first-order valence-electron chi connectivity index (χ1n) is 10.5. The Morgan fingerprint density at radius 3 is 2.69 bits per heavy atom. The molecule has 1 aromatic rings. The van der Waals surface area contributed by atoms with Crippen LogP contribution in [0.2, 0.25) is 0 Å². The van der Waals surface area contributed by atoms with Gasteiger partial charge in [0.25, 0.3) is 0 Å². The van der Waals surface area contributed by atoms with Crippen molar-refractivity contribution in [3.8, 4) is 0 Å². The summed E-state index contributed by atoms with van der Waals surface area (Å²) in [5.41, 5.74) is 8.34. The van der Waals surface area contributed by atoms with Gasteiger partial charge in [0.15, 0.2) is 0 Å². The minimum atomic E-state index is -0.409. The number of carbonyl (C=O) groups is 1. The number of esters is 1. The normalized spacial score (nSPS) is 33.1. The van der Waals surface area contributed by atoms with Gasteiger partial charge in [0.05, 0.1) is 12.1 Å². The lowest BCUT2D eigenvalue weighted by Crippen LogP contribution is -2.62. The van der Waals surface area contributed by atoms with Gasteiger partial charge in [-0.05, 0) is 38.7 Å². The number of nitrogens with one attached hydrogen (secondary N) is 2. The number of rotatable bonds is 6. The number of hydrogen-bond donors (Lipinski definition) is 3. The maximum Gasteiger partial charge on any atom is 0.313 e. The smallest absolute Gasteiger partial charge is 0.313 e. The Labute approximate surface area is 174 Å². The van der Waals surface area contributed by atoms with Crippen molar-refractivity contribution in [3.63, 3.8) is 0 Å². The molecule has 0 spiro atoms. The average molecular weight is 399 g/mol. The van der Waals surface area contributed by atoms with Crippen molar-refractivity contribution in [3.05, 3.63) is 48.0 Å². The van der Waals surface area contributed by atoms with E-state index in [1.807, 2.05) is 50.4 Å². The summed E-state index contributed by atoms with van der Waals surface area (Å²) >= 11 is 0. The topological polar surface area (TPSA) is 88.7 Å². The molecule has 6 heteroatoms. The summed E-state index contributed by atoms with van der Waals surface area (Å²) in [6.45, 7) is 11.3. The van der Waals surface area contributed by atoms with Gasteiger partial charge < -0.3 is 15.8 Å². The molecular weight excluding hydrogens is 364 g/mol. The van der Waals surface area contributed by atoms with E-state index in [0.717, 1.165) is 24.1 Å². The summed E-state index contributed by atoms with van der Waals surface area (Å²) in [6.07, 6.45) is 2.99. The zero-order chi connectivity index (χ0) is 21.0. The van der Waals surface area contributed by atoms with Gasteiger partial charge in [-0.3, -0.25) is 15.1 Å². The first kappa shape index (κ1) is 21.7. The Morgan fingerprint density at radius 2 is 2.07 bits per heavy atom. The first-order chi connectivity index (χ1) is 13.9. The third-order valence-electron chi connectivity index (χ3n) is 6.18. The minimum Gasteiger partial charge on any atom is -0.460 e. The average Bonchev–Trinajstić information content (AvgIpc) is 2.70. The molecule has 3 rings (SSSR count). The van der Waals surface area contributed by atoms with Crippen LogP contribution in [-0.4, -0.2) is 43.0 Å². The van der Waals surface area contributed by atoms with Crippen LogP contribution in [0.15, 0.2) is 47.5 Å². The summed E-state index contributed by atoms with van der Waals surface area (Å²) in [5, 5.41) is 7.04. The van der Waals surface area contributed by atoms with Crippen molar-refractivity contribution >= 4 is 12.2 Å². The Morgan fingerprint density at radius 1 is 1.34 bits per heavy atom. The lowest BCUT2D eigenvalue weighted by atomic mass is 9.71. The summed E-state index contributed by atoms with van der Waals surface area (Å²) in [7, 11) is 0. The van der Waals surface area contributed by atoms with Crippen LogP contribution in [0, 0.1) is 17.8 Å². The number of piperidine rings is 1. The number of hydrogen-bond acceptors (Lipinski definition) is 6. The predicted octanol–water partition coefficient (Wildman–Crippen LogP) is 2.25. The molecule has 2 aliphatic heterocycles. The molecule has 158 valence electrons. The molecular formula is C23H34N4O2. The van der Waals surface area contributed by atoms with E-state index in [1.54, 1.807) is 0 Å². The number of ether oxygens (including phenoxy) is 1. The molecule has 1 fully saturated rings. The van der Waals surface area contributed by atoms with Crippen molar-refractivity contribution in [1.29, 1.82) is 0 Å². The fraction of sp³-hybridized carbons (Fsp3) is 0.565. The highest BCUT2D eigenvalue weighted by atomic mass is 16.5. The quantitative estimate of drug-likeness (QED) is 0.505. The number of nitrogens with zero attached hydrogens (tertiary/aromatic N) is 1. The molecule has 0 aliphatic carbocycles. The maximum atomic E-state index is 13.0. The molecule has 4 N–H and O–H groups in total. The van der Waals surface area contributed by atoms with Crippen molar-refractivity contribution in [1.82, 2.24) is 10.6 Å². The van der Waals surface area contributed by atoms with Crippen LogP contribution in [0.4, 0.5) is 0 Å². The number of benzene rings is 1. The Kier molecular flexibility index (Phi) is 7.22. The predicted molar refractivity (Wildman–Crippen MR) is 116 cm³/mol. The molecule has 0 saturated carbocycles. The second kappa shape index (κ2) is 9.65. The SMILES string of the molecule is C=C(C)C(C(=O)OCc1ccccc1)C1CC(C2C=NC(C)NC2)NC(C)C1N. The second-order valence-electron chi connectivity index (χ2n) is 8.50. The van der Waals surface area contributed by atoms with E-state index in [2.05, 4.69) is 29.1 Å². The van der Waals surface area contributed by atoms with Gasteiger partial charge >= 0.3 is 5.97 Å². The third kappa shape index (κ3) is 5.32. The van der Waals surface area contributed by atoms with Crippen molar-refractivity contribution in [2.75, 3.05) is 6.54 Å². The first-order valence-corrected chi connectivity index (χ1v) is 10.5. The number of carbonyl (C=O) groups excluding carboxylic acids is 1. The van der Waals surface area contributed by atoms with Gasteiger partial charge in [-0.2, -0.15) is 0 Å².